The van der Waals surface area contributed by atoms with Crippen molar-refractivity contribution in [3.05, 3.63) is 53.6 Å². The summed E-state index contributed by atoms with van der Waals surface area (Å²) >= 11 is 0. The second-order valence-electron chi connectivity index (χ2n) is 9.17. The second-order valence-corrected chi connectivity index (χ2v) is 9.17. The van der Waals surface area contributed by atoms with Crippen molar-refractivity contribution in [2.75, 3.05) is 20.4 Å². The van der Waals surface area contributed by atoms with Gasteiger partial charge in [-0.25, -0.2) is 0 Å². The van der Waals surface area contributed by atoms with Gasteiger partial charge < -0.3 is 24.2 Å². The van der Waals surface area contributed by atoms with Crippen molar-refractivity contribution in [2.45, 2.75) is 44.1 Å². The van der Waals surface area contributed by atoms with Crippen molar-refractivity contribution < 1.29 is 28.9 Å². The molecule has 3 aliphatic rings. The van der Waals surface area contributed by atoms with E-state index < -0.39 is 23.8 Å². The van der Waals surface area contributed by atoms with E-state index in [0.717, 1.165) is 31.2 Å². The highest BCUT2D eigenvalue weighted by molar-refractivity contribution is 5.94. The molecule has 2 aromatic carbocycles. The molecule has 7 heteroatoms. The van der Waals surface area contributed by atoms with Crippen molar-refractivity contribution in [1.29, 1.82) is 0 Å². The number of nitrogens with zero attached hydrogens (tertiary/aromatic N) is 1. The molecule has 174 valence electrons. The molecule has 0 aromatic heterocycles. The van der Waals surface area contributed by atoms with E-state index >= 15 is 0 Å². The van der Waals surface area contributed by atoms with Gasteiger partial charge in [-0.3, -0.25) is 9.59 Å². The standard InChI is InChI=1S/C26H29NO6/c1-31-19-10-7-17(8-11-19)24-23(26(29)30)22(18-9-12-20-21(13-18)33-15-32-20)25(28)27(24)14-16-5-3-2-4-6-16/h7-13,16,22-24H,2-6,14-15H2,1H3,(H,29,30)/t22-,23-,24+/m1/s1. The molecule has 3 atom stereocenters. The number of hydrogen-bond acceptors (Lipinski definition) is 5. The third kappa shape index (κ3) is 4.01. The number of hydrogen-bond donors (Lipinski definition) is 1. The zero-order valence-electron chi connectivity index (χ0n) is 18.7. The number of likely N-dealkylation sites (tertiary alicyclic amines) is 1. The lowest BCUT2D eigenvalue weighted by Crippen LogP contribution is -2.35. The first-order chi connectivity index (χ1) is 16.1. The van der Waals surface area contributed by atoms with E-state index in [9.17, 15) is 14.7 Å². The fourth-order valence-corrected chi connectivity index (χ4v) is 5.62. The number of amides is 1. The van der Waals surface area contributed by atoms with E-state index in [0.29, 0.717) is 35.3 Å². The van der Waals surface area contributed by atoms with Gasteiger partial charge in [-0.15, -0.1) is 0 Å². The van der Waals surface area contributed by atoms with Crippen LogP contribution in [0.25, 0.3) is 0 Å². The number of aliphatic carboxylic acids is 1. The summed E-state index contributed by atoms with van der Waals surface area (Å²) in [7, 11) is 1.60. The Labute approximate surface area is 193 Å². The van der Waals surface area contributed by atoms with Crippen LogP contribution >= 0.6 is 0 Å². The molecule has 0 bridgehead atoms. The third-order valence-corrected chi connectivity index (χ3v) is 7.26. The number of fused-ring (bicyclic) bond motifs is 1. The fourth-order valence-electron chi connectivity index (χ4n) is 5.62. The lowest BCUT2D eigenvalue weighted by atomic mass is 9.82. The second kappa shape index (κ2) is 8.96. The fraction of sp³-hybridized carbons (Fsp3) is 0.462. The van der Waals surface area contributed by atoms with Gasteiger partial charge in [0.2, 0.25) is 12.7 Å². The van der Waals surface area contributed by atoms with Crippen molar-refractivity contribution >= 4 is 11.9 Å². The molecule has 1 aliphatic carbocycles. The summed E-state index contributed by atoms with van der Waals surface area (Å²) in [6.45, 7) is 0.711. The molecule has 0 radical (unpaired) electrons. The zero-order valence-corrected chi connectivity index (χ0v) is 18.7. The summed E-state index contributed by atoms with van der Waals surface area (Å²) in [6.07, 6.45) is 5.70. The van der Waals surface area contributed by atoms with E-state index in [2.05, 4.69) is 0 Å². The smallest absolute Gasteiger partial charge is 0.310 e. The number of benzene rings is 2. The van der Waals surface area contributed by atoms with Crippen molar-refractivity contribution in [3.63, 3.8) is 0 Å². The average Bonchev–Trinajstić information content (AvgIpc) is 3.42. The summed E-state index contributed by atoms with van der Waals surface area (Å²) in [5, 5.41) is 10.4. The molecule has 2 aliphatic heterocycles. The summed E-state index contributed by atoms with van der Waals surface area (Å²) in [6, 6.07) is 12.2. The number of carbonyl (C=O) groups excluding carboxylic acids is 1. The van der Waals surface area contributed by atoms with E-state index in [1.54, 1.807) is 25.3 Å². The lowest BCUT2D eigenvalue weighted by molar-refractivity contribution is -0.143. The van der Waals surface area contributed by atoms with Crippen LogP contribution < -0.4 is 14.2 Å². The molecule has 5 rings (SSSR count). The minimum atomic E-state index is -0.974. The number of methoxy groups -OCH3 is 1. The van der Waals surface area contributed by atoms with Crippen LogP contribution in [0.3, 0.4) is 0 Å². The zero-order chi connectivity index (χ0) is 22.9. The highest BCUT2D eigenvalue weighted by atomic mass is 16.7. The van der Waals surface area contributed by atoms with Crippen molar-refractivity contribution in [1.82, 2.24) is 4.90 Å². The highest BCUT2D eigenvalue weighted by Crippen LogP contribution is 2.49. The number of carbonyl (C=O) groups is 2. The number of rotatable bonds is 6. The Morgan fingerprint density at radius 3 is 2.42 bits per heavy atom. The molecule has 1 saturated carbocycles. The molecule has 2 heterocycles. The van der Waals surface area contributed by atoms with Gasteiger partial charge in [0.05, 0.1) is 25.0 Å². The van der Waals surface area contributed by atoms with Gasteiger partial charge in [0, 0.05) is 6.54 Å². The van der Waals surface area contributed by atoms with E-state index in [1.165, 1.54) is 6.42 Å². The van der Waals surface area contributed by atoms with Gasteiger partial charge in [-0.1, -0.05) is 37.5 Å². The quantitative estimate of drug-likeness (QED) is 0.702. The number of carboxylic acid groups (broad SMARTS) is 1. The molecule has 0 unspecified atom stereocenters. The van der Waals surface area contributed by atoms with Crippen LogP contribution in [0.2, 0.25) is 0 Å². The van der Waals surface area contributed by atoms with Crippen LogP contribution in [0, 0.1) is 11.8 Å². The molecule has 2 aromatic rings. The van der Waals surface area contributed by atoms with Gasteiger partial charge in [-0.05, 0) is 54.2 Å². The van der Waals surface area contributed by atoms with Crippen LogP contribution in [0.4, 0.5) is 0 Å². The Hall–Kier alpha value is -3.22. The summed E-state index contributed by atoms with van der Waals surface area (Å²) in [5.41, 5.74) is 1.47. The Morgan fingerprint density at radius 2 is 1.73 bits per heavy atom. The molecule has 7 nitrogen and oxygen atoms in total. The molecule has 33 heavy (non-hydrogen) atoms. The number of ether oxygens (including phenoxy) is 3. The summed E-state index contributed by atoms with van der Waals surface area (Å²) < 4.78 is 16.2. The molecule has 1 saturated heterocycles. The first kappa shape index (κ1) is 21.6. The summed E-state index contributed by atoms with van der Waals surface area (Å²) in [5.74, 6) is -0.541. The van der Waals surface area contributed by atoms with Crippen molar-refractivity contribution in [2.24, 2.45) is 11.8 Å². The normalized spacial score (nSPS) is 24.8. The molecule has 1 amide bonds. The van der Waals surface area contributed by atoms with Crippen LogP contribution in [0.5, 0.6) is 17.2 Å². The Balaban J connectivity index is 1.55. The van der Waals surface area contributed by atoms with Gasteiger partial charge >= 0.3 is 5.97 Å². The van der Waals surface area contributed by atoms with E-state index in [1.807, 2.05) is 29.2 Å². The topological polar surface area (TPSA) is 85.3 Å². The minimum Gasteiger partial charge on any atom is -0.497 e. The Kier molecular flexibility index (Phi) is 5.87. The minimum absolute atomic E-state index is 0.127. The summed E-state index contributed by atoms with van der Waals surface area (Å²) in [4.78, 5) is 28.3. The maximum atomic E-state index is 13.9. The van der Waals surface area contributed by atoms with Gasteiger partial charge in [0.15, 0.2) is 11.5 Å². The third-order valence-electron chi connectivity index (χ3n) is 7.26. The van der Waals surface area contributed by atoms with E-state index in [4.69, 9.17) is 14.2 Å². The van der Waals surface area contributed by atoms with Gasteiger partial charge in [-0.2, -0.15) is 0 Å². The van der Waals surface area contributed by atoms with Crippen LogP contribution in [0.1, 0.15) is 55.2 Å². The maximum Gasteiger partial charge on any atom is 0.310 e. The van der Waals surface area contributed by atoms with Crippen LogP contribution in [-0.2, 0) is 9.59 Å². The predicted octanol–water partition coefficient (Wildman–Crippen LogP) is 4.37. The van der Waals surface area contributed by atoms with Crippen molar-refractivity contribution in [3.8, 4) is 17.2 Å². The Morgan fingerprint density at radius 1 is 1.03 bits per heavy atom. The lowest BCUT2D eigenvalue weighted by Gasteiger charge is -2.32. The molecular weight excluding hydrogens is 422 g/mol. The Bertz CT molecular complexity index is 1030. The largest absolute Gasteiger partial charge is 0.497 e. The van der Waals surface area contributed by atoms with Crippen LogP contribution in [0.15, 0.2) is 42.5 Å². The van der Waals surface area contributed by atoms with Gasteiger partial charge in [0.1, 0.15) is 5.75 Å². The molecule has 2 fully saturated rings. The first-order valence-corrected chi connectivity index (χ1v) is 11.6. The first-order valence-electron chi connectivity index (χ1n) is 11.6. The number of carboxylic acids is 1. The van der Waals surface area contributed by atoms with Gasteiger partial charge in [0.25, 0.3) is 0 Å². The van der Waals surface area contributed by atoms with Crippen LogP contribution in [-0.4, -0.2) is 42.3 Å². The molecular formula is C26H29NO6. The SMILES string of the molecule is COc1ccc([C@H]2[C@H](C(=O)O)[C@@H](c3ccc4c(c3)OCO4)C(=O)N2CC2CCCCC2)cc1. The molecule has 1 N–H and O–H groups in total. The average molecular weight is 452 g/mol. The highest BCUT2D eigenvalue weighted by Gasteiger charge is 2.53. The maximum absolute atomic E-state index is 13.9. The molecule has 0 spiro atoms. The predicted molar refractivity (Wildman–Crippen MR) is 120 cm³/mol. The van der Waals surface area contributed by atoms with E-state index in [-0.39, 0.29) is 12.7 Å². The monoisotopic (exact) mass is 451 g/mol.